The number of amides is 1. The van der Waals surface area contributed by atoms with E-state index in [0.717, 1.165) is 57.2 Å². The number of rotatable bonds is 4. The smallest absolute Gasteiger partial charge is 0.229 e. The molecule has 132 valence electrons. The molecule has 0 unspecified atom stereocenters. The third-order valence-electron chi connectivity index (χ3n) is 6.01. The van der Waals surface area contributed by atoms with Crippen LogP contribution >= 0.6 is 0 Å². The van der Waals surface area contributed by atoms with Gasteiger partial charge < -0.3 is 9.42 Å². The van der Waals surface area contributed by atoms with Crippen molar-refractivity contribution in [3.8, 4) is 0 Å². The molecule has 1 saturated carbocycles. The van der Waals surface area contributed by atoms with E-state index in [9.17, 15) is 4.79 Å². The summed E-state index contributed by atoms with van der Waals surface area (Å²) in [5, 5.41) is 4.14. The first-order chi connectivity index (χ1) is 11.5. The van der Waals surface area contributed by atoms with E-state index in [1.807, 2.05) is 0 Å². The van der Waals surface area contributed by atoms with Crippen LogP contribution in [-0.4, -0.2) is 51.5 Å². The largest absolute Gasteiger partial charge is 0.340 e. The number of hydrogen-bond donors (Lipinski definition) is 0. The second kappa shape index (κ2) is 6.14. The molecule has 1 aromatic rings. The molecule has 24 heavy (non-hydrogen) atoms. The summed E-state index contributed by atoms with van der Waals surface area (Å²) in [5.41, 5.74) is 0.325. The molecule has 6 nitrogen and oxygen atoms in total. The summed E-state index contributed by atoms with van der Waals surface area (Å²) in [4.78, 5) is 21.2. The van der Waals surface area contributed by atoms with E-state index in [1.54, 1.807) is 0 Å². The summed E-state index contributed by atoms with van der Waals surface area (Å²) >= 11 is 0. The first-order valence-electron chi connectivity index (χ1n) is 9.39. The van der Waals surface area contributed by atoms with E-state index >= 15 is 0 Å². The topological polar surface area (TPSA) is 62.5 Å². The zero-order valence-corrected chi connectivity index (χ0v) is 14.8. The van der Waals surface area contributed by atoms with Crippen LogP contribution in [0.2, 0.25) is 0 Å². The van der Waals surface area contributed by atoms with Crippen molar-refractivity contribution in [1.82, 2.24) is 19.9 Å². The number of hydrogen-bond acceptors (Lipinski definition) is 5. The molecule has 0 bridgehead atoms. The first kappa shape index (κ1) is 16.1. The van der Waals surface area contributed by atoms with Gasteiger partial charge in [0, 0.05) is 24.9 Å². The number of carbonyl (C=O) groups is 1. The molecule has 2 aliphatic heterocycles. The maximum atomic E-state index is 12.1. The van der Waals surface area contributed by atoms with E-state index in [1.165, 1.54) is 12.8 Å². The number of nitrogens with zero attached hydrogens (tertiary/aromatic N) is 4. The molecule has 1 aliphatic carbocycles. The molecular weight excluding hydrogens is 304 g/mol. The molecule has 3 fully saturated rings. The van der Waals surface area contributed by atoms with Gasteiger partial charge in [0.1, 0.15) is 0 Å². The van der Waals surface area contributed by atoms with Crippen LogP contribution in [0.25, 0.3) is 0 Å². The van der Waals surface area contributed by atoms with Gasteiger partial charge in [-0.1, -0.05) is 5.16 Å². The quantitative estimate of drug-likeness (QED) is 0.848. The van der Waals surface area contributed by atoms with Crippen molar-refractivity contribution in [1.29, 1.82) is 0 Å². The minimum absolute atomic E-state index is 0.313. The van der Waals surface area contributed by atoms with Crippen molar-refractivity contribution in [2.45, 2.75) is 70.9 Å². The number of aromatic nitrogens is 2. The van der Waals surface area contributed by atoms with E-state index < -0.39 is 0 Å². The maximum absolute atomic E-state index is 12.1. The van der Waals surface area contributed by atoms with Gasteiger partial charge in [0.2, 0.25) is 11.8 Å². The van der Waals surface area contributed by atoms with Crippen LogP contribution in [0.5, 0.6) is 0 Å². The Morgan fingerprint density at radius 2 is 2.00 bits per heavy atom. The van der Waals surface area contributed by atoms with Gasteiger partial charge >= 0.3 is 0 Å². The Kier molecular flexibility index (Phi) is 4.11. The average Bonchev–Trinajstić information content (AvgIpc) is 3.32. The van der Waals surface area contributed by atoms with Crippen LogP contribution in [-0.2, 0) is 11.3 Å². The highest BCUT2D eigenvalue weighted by Gasteiger charge is 2.41. The van der Waals surface area contributed by atoms with Crippen LogP contribution in [0.3, 0.4) is 0 Å². The summed E-state index contributed by atoms with van der Waals surface area (Å²) < 4.78 is 5.36. The van der Waals surface area contributed by atoms with Crippen molar-refractivity contribution in [2.75, 3.05) is 19.6 Å². The predicted molar refractivity (Wildman–Crippen MR) is 89.3 cm³/mol. The molecule has 4 rings (SSSR count). The molecule has 0 aromatic carbocycles. The third kappa shape index (κ3) is 3.21. The summed E-state index contributed by atoms with van der Waals surface area (Å²) in [6.45, 7) is 8.10. The second-order valence-corrected chi connectivity index (χ2v) is 8.21. The Bertz CT molecular complexity index is 600. The zero-order chi connectivity index (χ0) is 16.7. The fraction of sp³-hybridized carbons (Fsp3) is 0.833. The number of likely N-dealkylation sites (tertiary alicyclic amines) is 2. The standard InChI is InChI=1S/C18H28N4O2/c1-13(2)22-12-18(6-5-16(22)23)7-9-21(10-8-18)11-15-19-17(24-20-15)14-3-4-14/h13-14H,3-12H2,1-2H3. The number of piperidine rings is 2. The lowest BCUT2D eigenvalue weighted by Crippen LogP contribution is -2.53. The highest BCUT2D eigenvalue weighted by Crippen LogP contribution is 2.41. The lowest BCUT2D eigenvalue weighted by molar-refractivity contribution is -0.141. The molecule has 1 spiro atoms. The van der Waals surface area contributed by atoms with Crippen molar-refractivity contribution in [2.24, 2.45) is 5.41 Å². The fourth-order valence-electron chi connectivity index (χ4n) is 4.14. The molecule has 6 heteroatoms. The normalized spacial score (nSPS) is 25.0. The second-order valence-electron chi connectivity index (χ2n) is 8.21. The van der Waals surface area contributed by atoms with Crippen LogP contribution in [0.4, 0.5) is 0 Å². The monoisotopic (exact) mass is 332 g/mol. The van der Waals surface area contributed by atoms with Crippen LogP contribution in [0, 0.1) is 5.41 Å². The Balaban J connectivity index is 1.33. The molecular formula is C18H28N4O2. The van der Waals surface area contributed by atoms with Crippen LogP contribution < -0.4 is 0 Å². The molecule has 2 saturated heterocycles. The van der Waals surface area contributed by atoms with Crippen molar-refractivity contribution < 1.29 is 9.32 Å². The lowest BCUT2D eigenvalue weighted by Gasteiger charge is -2.48. The van der Waals surface area contributed by atoms with Gasteiger partial charge in [-0.15, -0.1) is 0 Å². The maximum Gasteiger partial charge on any atom is 0.229 e. The van der Waals surface area contributed by atoms with Gasteiger partial charge in [0.05, 0.1) is 6.54 Å². The average molecular weight is 332 g/mol. The highest BCUT2D eigenvalue weighted by atomic mass is 16.5. The first-order valence-corrected chi connectivity index (χ1v) is 9.39. The zero-order valence-electron chi connectivity index (χ0n) is 14.8. The molecule has 1 aromatic heterocycles. The summed E-state index contributed by atoms with van der Waals surface area (Å²) in [6, 6.07) is 0.313. The molecule has 3 aliphatic rings. The minimum atomic E-state index is 0.313. The van der Waals surface area contributed by atoms with E-state index in [2.05, 4.69) is 33.8 Å². The summed E-state index contributed by atoms with van der Waals surface area (Å²) in [6.07, 6.45) is 6.48. The Labute approximate surface area is 143 Å². The predicted octanol–water partition coefficient (Wildman–Crippen LogP) is 2.56. The van der Waals surface area contributed by atoms with Gasteiger partial charge in [0.15, 0.2) is 5.82 Å². The van der Waals surface area contributed by atoms with E-state index in [-0.39, 0.29) is 0 Å². The van der Waals surface area contributed by atoms with Crippen LogP contribution in [0.1, 0.15) is 70.0 Å². The van der Waals surface area contributed by atoms with Crippen molar-refractivity contribution in [3.63, 3.8) is 0 Å². The van der Waals surface area contributed by atoms with Gasteiger partial charge in [-0.2, -0.15) is 4.98 Å². The summed E-state index contributed by atoms with van der Waals surface area (Å²) in [5.74, 6) is 2.52. The van der Waals surface area contributed by atoms with E-state index in [0.29, 0.717) is 29.7 Å². The third-order valence-corrected chi connectivity index (χ3v) is 6.01. The molecule has 0 radical (unpaired) electrons. The highest BCUT2D eigenvalue weighted by molar-refractivity contribution is 5.77. The van der Waals surface area contributed by atoms with Crippen LogP contribution in [0.15, 0.2) is 4.52 Å². The van der Waals surface area contributed by atoms with Gasteiger partial charge in [-0.3, -0.25) is 9.69 Å². The van der Waals surface area contributed by atoms with Gasteiger partial charge in [0.25, 0.3) is 0 Å². The molecule has 0 N–H and O–H groups in total. The van der Waals surface area contributed by atoms with Crippen molar-refractivity contribution >= 4 is 5.91 Å². The Morgan fingerprint density at radius 1 is 1.25 bits per heavy atom. The van der Waals surface area contributed by atoms with Gasteiger partial charge in [-0.05, 0) is 64.5 Å². The SMILES string of the molecule is CC(C)N1CC2(CCC1=O)CCN(Cc1noc(C3CC3)n1)CC2. The summed E-state index contributed by atoms with van der Waals surface area (Å²) in [7, 11) is 0. The number of carbonyl (C=O) groups excluding carboxylic acids is 1. The Morgan fingerprint density at radius 3 is 2.67 bits per heavy atom. The fourth-order valence-corrected chi connectivity index (χ4v) is 4.14. The van der Waals surface area contributed by atoms with Crippen molar-refractivity contribution in [3.05, 3.63) is 11.7 Å². The Hall–Kier alpha value is -1.43. The minimum Gasteiger partial charge on any atom is -0.340 e. The van der Waals surface area contributed by atoms with E-state index in [4.69, 9.17) is 4.52 Å². The molecule has 1 amide bonds. The lowest BCUT2D eigenvalue weighted by atomic mass is 9.72. The van der Waals surface area contributed by atoms with Gasteiger partial charge in [-0.25, -0.2) is 0 Å². The molecule has 3 heterocycles. The molecule has 0 atom stereocenters.